The molecule has 82 valence electrons. The zero-order chi connectivity index (χ0) is 11.4. The van der Waals surface area contributed by atoms with Gasteiger partial charge in [0, 0.05) is 5.69 Å². The van der Waals surface area contributed by atoms with E-state index >= 15 is 0 Å². The number of carbonyl (C=O) groups is 1. The summed E-state index contributed by atoms with van der Waals surface area (Å²) in [6.45, 7) is 1.93. The molecule has 0 aliphatic rings. The highest BCUT2D eigenvalue weighted by Crippen LogP contribution is 2.14. The number of rotatable bonds is 3. The van der Waals surface area contributed by atoms with Gasteiger partial charge >= 0.3 is 5.97 Å². The van der Waals surface area contributed by atoms with E-state index in [0.717, 1.165) is 11.1 Å². The van der Waals surface area contributed by atoms with Gasteiger partial charge in [-0.25, -0.2) is 0 Å². The Morgan fingerprint density at radius 1 is 1.53 bits per heavy atom. The Balaban J connectivity index is 2.73. The van der Waals surface area contributed by atoms with Gasteiger partial charge in [-0.1, -0.05) is 12.1 Å². The van der Waals surface area contributed by atoms with Gasteiger partial charge in [-0.05, 0) is 30.5 Å². The first-order valence-electron chi connectivity index (χ1n) is 4.73. The summed E-state index contributed by atoms with van der Waals surface area (Å²) in [5.74, 6) is -0.408. The third-order valence-electron chi connectivity index (χ3n) is 2.30. The SMILES string of the molecule is COC(=O)[C@H](N)Cc1ccc(C)c(N)c1. The number of carbonyl (C=O) groups excluding carboxylic acids is 1. The van der Waals surface area contributed by atoms with Crippen LogP contribution in [0.25, 0.3) is 0 Å². The summed E-state index contributed by atoms with van der Waals surface area (Å²) < 4.78 is 4.54. The fourth-order valence-electron chi connectivity index (χ4n) is 1.31. The van der Waals surface area contributed by atoms with Crippen LogP contribution < -0.4 is 11.5 Å². The molecule has 0 spiro atoms. The van der Waals surface area contributed by atoms with Gasteiger partial charge in [0.05, 0.1) is 7.11 Å². The number of methoxy groups -OCH3 is 1. The van der Waals surface area contributed by atoms with Crippen molar-refractivity contribution in [1.29, 1.82) is 0 Å². The maximum absolute atomic E-state index is 11.1. The number of nitrogen functional groups attached to an aromatic ring is 1. The van der Waals surface area contributed by atoms with Gasteiger partial charge in [0.2, 0.25) is 0 Å². The lowest BCUT2D eigenvalue weighted by atomic mass is 10.0. The monoisotopic (exact) mass is 208 g/mol. The van der Waals surface area contributed by atoms with Gasteiger partial charge in [0.25, 0.3) is 0 Å². The van der Waals surface area contributed by atoms with E-state index in [1.807, 2.05) is 25.1 Å². The van der Waals surface area contributed by atoms with Gasteiger partial charge in [0.15, 0.2) is 0 Å². The number of benzene rings is 1. The van der Waals surface area contributed by atoms with Crippen molar-refractivity contribution in [3.05, 3.63) is 29.3 Å². The van der Waals surface area contributed by atoms with Gasteiger partial charge in [-0.2, -0.15) is 0 Å². The quantitative estimate of drug-likeness (QED) is 0.564. The van der Waals surface area contributed by atoms with Crippen molar-refractivity contribution in [2.45, 2.75) is 19.4 Å². The van der Waals surface area contributed by atoms with Crippen LogP contribution in [0.5, 0.6) is 0 Å². The van der Waals surface area contributed by atoms with E-state index in [9.17, 15) is 4.79 Å². The van der Waals surface area contributed by atoms with Gasteiger partial charge in [-0.3, -0.25) is 4.79 Å². The lowest BCUT2D eigenvalue weighted by Crippen LogP contribution is -2.33. The lowest BCUT2D eigenvalue weighted by Gasteiger charge is -2.10. The van der Waals surface area contributed by atoms with Crippen molar-refractivity contribution in [3.63, 3.8) is 0 Å². The zero-order valence-corrected chi connectivity index (χ0v) is 8.99. The van der Waals surface area contributed by atoms with Crippen LogP contribution in [0.1, 0.15) is 11.1 Å². The van der Waals surface area contributed by atoms with E-state index in [4.69, 9.17) is 11.5 Å². The summed E-state index contributed by atoms with van der Waals surface area (Å²) in [5, 5.41) is 0. The predicted molar refractivity (Wildman–Crippen MR) is 59.3 cm³/mol. The van der Waals surface area contributed by atoms with Crippen LogP contribution in [0.15, 0.2) is 18.2 Å². The van der Waals surface area contributed by atoms with Gasteiger partial charge in [-0.15, -0.1) is 0 Å². The van der Waals surface area contributed by atoms with Crippen molar-refractivity contribution in [2.24, 2.45) is 5.73 Å². The highest BCUT2D eigenvalue weighted by atomic mass is 16.5. The molecule has 4 heteroatoms. The molecule has 0 aliphatic heterocycles. The molecule has 0 aromatic heterocycles. The summed E-state index contributed by atoms with van der Waals surface area (Å²) in [6, 6.07) is 5.03. The van der Waals surface area contributed by atoms with E-state index in [1.54, 1.807) is 0 Å². The Bertz CT molecular complexity index is 364. The molecule has 4 N–H and O–H groups in total. The summed E-state index contributed by atoms with van der Waals surface area (Å²) in [5.41, 5.74) is 14.1. The molecule has 0 saturated heterocycles. The fourth-order valence-corrected chi connectivity index (χ4v) is 1.31. The Kier molecular flexibility index (Phi) is 3.68. The molecule has 0 saturated carbocycles. The first kappa shape index (κ1) is 11.5. The summed E-state index contributed by atoms with van der Waals surface area (Å²) in [6.07, 6.45) is 0.442. The van der Waals surface area contributed by atoms with E-state index in [2.05, 4.69) is 4.74 Å². The number of esters is 1. The average molecular weight is 208 g/mol. The first-order valence-corrected chi connectivity index (χ1v) is 4.73. The molecule has 0 heterocycles. The average Bonchev–Trinajstić information content (AvgIpc) is 2.22. The van der Waals surface area contributed by atoms with E-state index in [0.29, 0.717) is 12.1 Å². The van der Waals surface area contributed by atoms with Gasteiger partial charge in [0.1, 0.15) is 6.04 Å². The lowest BCUT2D eigenvalue weighted by molar-refractivity contribution is -0.142. The number of ether oxygens (including phenoxy) is 1. The fraction of sp³-hybridized carbons (Fsp3) is 0.364. The van der Waals surface area contributed by atoms with Crippen LogP contribution in [0, 0.1) is 6.92 Å². The standard InChI is InChI=1S/C11H16N2O2/c1-7-3-4-8(5-9(7)12)6-10(13)11(14)15-2/h3-5,10H,6,12-13H2,1-2H3/t10-/m1/s1. The predicted octanol–water partition coefficient (Wildman–Crippen LogP) is 0.620. The molecule has 15 heavy (non-hydrogen) atoms. The number of anilines is 1. The minimum atomic E-state index is -0.628. The van der Waals surface area contributed by atoms with Crippen molar-refractivity contribution in [1.82, 2.24) is 0 Å². The van der Waals surface area contributed by atoms with Crippen molar-refractivity contribution < 1.29 is 9.53 Å². The Labute approximate surface area is 89.2 Å². The van der Waals surface area contributed by atoms with E-state index in [-0.39, 0.29) is 0 Å². The zero-order valence-electron chi connectivity index (χ0n) is 8.99. The molecule has 1 atom stereocenters. The summed E-state index contributed by atoms with van der Waals surface area (Å²) in [7, 11) is 1.33. The van der Waals surface area contributed by atoms with Crippen molar-refractivity contribution in [3.8, 4) is 0 Å². The summed E-state index contributed by atoms with van der Waals surface area (Å²) in [4.78, 5) is 11.1. The molecule has 1 rings (SSSR count). The number of aryl methyl sites for hydroxylation is 1. The minimum Gasteiger partial charge on any atom is -0.468 e. The third-order valence-corrected chi connectivity index (χ3v) is 2.30. The molecule has 0 fully saturated rings. The first-order chi connectivity index (χ1) is 7.04. The van der Waals surface area contributed by atoms with Gasteiger partial charge < -0.3 is 16.2 Å². The van der Waals surface area contributed by atoms with Crippen LogP contribution >= 0.6 is 0 Å². The highest BCUT2D eigenvalue weighted by Gasteiger charge is 2.14. The van der Waals surface area contributed by atoms with E-state index < -0.39 is 12.0 Å². The van der Waals surface area contributed by atoms with Crippen molar-refractivity contribution in [2.75, 3.05) is 12.8 Å². The van der Waals surface area contributed by atoms with Crippen LogP contribution in [-0.2, 0) is 16.0 Å². The van der Waals surface area contributed by atoms with E-state index in [1.165, 1.54) is 7.11 Å². The molecule has 1 aromatic carbocycles. The Morgan fingerprint density at radius 2 is 2.20 bits per heavy atom. The van der Waals surface area contributed by atoms with Crippen LogP contribution in [-0.4, -0.2) is 19.1 Å². The molecular formula is C11H16N2O2. The second kappa shape index (κ2) is 4.79. The molecule has 0 bridgehead atoms. The molecule has 0 radical (unpaired) electrons. The molecule has 0 aliphatic carbocycles. The third kappa shape index (κ3) is 2.95. The molecular weight excluding hydrogens is 192 g/mol. The molecule has 1 aromatic rings. The number of nitrogens with two attached hydrogens (primary N) is 2. The topological polar surface area (TPSA) is 78.3 Å². The maximum Gasteiger partial charge on any atom is 0.322 e. The Morgan fingerprint density at radius 3 is 2.73 bits per heavy atom. The summed E-state index contributed by atoms with van der Waals surface area (Å²) >= 11 is 0. The van der Waals surface area contributed by atoms with Crippen LogP contribution in [0.4, 0.5) is 5.69 Å². The minimum absolute atomic E-state index is 0.408. The van der Waals surface area contributed by atoms with Crippen molar-refractivity contribution >= 4 is 11.7 Å². The highest BCUT2D eigenvalue weighted by molar-refractivity contribution is 5.75. The molecule has 0 unspecified atom stereocenters. The van der Waals surface area contributed by atoms with Crippen LogP contribution in [0.3, 0.4) is 0 Å². The number of hydrogen-bond donors (Lipinski definition) is 2. The second-order valence-corrected chi connectivity index (χ2v) is 3.52. The molecule has 4 nitrogen and oxygen atoms in total. The second-order valence-electron chi connectivity index (χ2n) is 3.52. The Hall–Kier alpha value is -1.55. The van der Waals surface area contributed by atoms with Crippen LogP contribution in [0.2, 0.25) is 0 Å². The number of hydrogen-bond acceptors (Lipinski definition) is 4. The normalized spacial score (nSPS) is 12.2. The smallest absolute Gasteiger partial charge is 0.322 e. The maximum atomic E-state index is 11.1. The molecule has 0 amide bonds. The largest absolute Gasteiger partial charge is 0.468 e.